The van der Waals surface area contributed by atoms with Crippen LogP contribution in [-0.2, 0) is 11.2 Å². The van der Waals surface area contributed by atoms with Crippen molar-refractivity contribution in [3.05, 3.63) is 35.9 Å². The molecule has 3 atom stereocenters. The van der Waals surface area contributed by atoms with Crippen LogP contribution in [0.15, 0.2) is 30.3 Å². The molecular weight excluding hydrogens is 282 g/mol. The highest BCUT2D eigenvalue weighted by Gasteiger charge is 2.35. The fourth-order valence-corrected chi connectivity index (χ4v) is 4.26. The quantitative estimate of drug-likeness (QED) is 0.877. The third-order valence-corrected chi connectivity index (χ3v) is 5.88. The Morgan fingerprint density at radius 3 is 2.57 bits per heavy atom. The molecule has 1 fully saturated rings. The van der Waals surface area contributed by atoms with Gasteiger partial charge >= 0.3 is 5.97 Å². The molecule has 0 radical (unpaired) electrons. The number of hydrogen-bond acceptors (Lipinski definition) is 3. The Hall–Kier alpha value is -1.00. The van der Waals surface area contributed by atoms with Crippen LogP contribution in [0.4, 0.5) is 0 Å². The molecule has 0 bridgehead atoms. The van der Waals surface area contributed by atoms with Gasteiger partial charge in [0.1, 0.15) is 6.04 Å². The van der Waals surface area contributed by atoms with Crippen molar-refractivity contribution >= 4 is 17.7 Å². The number of carbonyl (C=O) groups is 1. The highest BCUT2D eigenvalue weighted by Crippen LogP contribution is 2.39. The zero-order valence-corrected chi connectivity index (χ0v) is 13.8. The molecule has 2 rings (SSSR count). The number of benzene rings is 1. The molecule has 21 heavy (non-hydrogen) atoms. The molecule has 4 heteroatoms. The predicted octanol–water partition coefficient (Wildman–Crippen LogP) is 3.19. The maximum absolute atomic E-state index is 11.5. The van der Waals surface area contributed by atoms with E-state index in [1.54, 1.807) is 0 Å². The second-order valence-corrected chi connectivity index (χ2v) is 8.10. The average molecular weight is 307 g/mol. The maximum atomic E-state index is 11.5. The summed E-state index contributed by atoms with van der Waals surface area (Å²) < 4.78 is 0. The largest absolute Gasteiger partial charge is 0.480 e. The summed E-state index contributed by atoms with van der Waals surface area (Å²) in [6.45, 7) is 6.77. The molecule has 0 aromatic heterocycles. The first-order valence-corrected chi connectivity index (χ1v) is 8.55. The first-order valence-electron chi connectivity index (χ1n) is 7.50. The highest BCUT2D eigenvalue weighted by molar-refractivity contribution is 8.00. The monoisotopic (exact) mass is 307 g/mol. The van der Waals surface area contributed by atoms with Crippen molar-refractivity contribution in [2.45, 2.75) is 50.9 Å². The lowest BCUT2D eigenvalue weighted by molar-refractivity contribution is -0.139. The van der Waals surface area contributed by atoms with Gasteiger partial charge in [0.2, 0.25) is 0 Å². The fraction of sp³-hybridized carbons (Fsp3) is 0.588. The molecular formula is C17H25NO2S. The van der Waals surface area contributed by atoms with Crippen LogP contribution in [-0.4, -0.2) is 34.2 Å². The molecule has 0 saturated carbocycles. The van der Waals surface area contributed by atoms with E-state index in [-0.39, 0.29) is 5.41 Å². The van der Waals surface area contributed by atoms with Crippen molar-refractivity contribution in [3.8, 4) is 0 Å². The lowest BCUT2D eigenvalue weighted by atomic mass is 9.88. The van der Waals surface area contributed by atoms with Crippen LogP contribution in [0.5, 0.6) is 0 Å². The summed E-state index contributed by atoms with van der Waals surface area (Å²) in [7, 11) is 0. The van der Waals surface area contributed by atoms with Crippen molar-refractivity contribution in [2.75, 3.05) is 5.75 Å². The van der Waals surface area contributed by atoms with Crippen molar-refractivity contribution in [1.82, 2.24) is 5.32 Å². The molecule has 3 nitrogen and oxygen atoms in total. The molecule has 0 spiro atoms. The molecule has 1 aliphatic heterocycles. The first-order chi connectivity index (χ1) is 9.86. The van der Waals surface area contributed by atoms with Gasteiger partial charge in [0.25, 0.3) is 0 Å². The molecule has 0 amide bonds. The van der Waals surface area contributed by atoms with E-state index >= 15 is 0 Å². The van der Waals surface area contributed by atoms with E-state index in [1.807, 2.05) is 42.1 Å². The normalized spacial score (nSPS) is 24.0. The lowest BCUT2D eigenvalue weighted by Crippen LogP contribution is -2.45. The van der Waals surface area contributed by atoms with Gasteiger partial charge in [0.15, 0.2) is 0 Å². The molecule has 1 aromatic rings. The van der Waals surface area contributed by atoms with Gasteiger partial charge in [-0.05, 0) is 23.8 Å². The third-order valence-electron chi connectivity index (χ3n) is 3.98. The summed E-state index contributed by atoms with van der Waals surface area (Å²) in [6.07, 6.45) is 1.59. The zero-order chi connectivity index (χ0) is 15.5. The molecule has 116 valence electrons. The summed E-state index contributed by atoms with van der Waals surface area (Å²) >= 11 is 1.96. The summed E-state index contributed by atoms with van der Waals surface area (Å²) in [5, 5.41) is 13.4. The third kappa shape index (κ3) is 4.75. The molecule has 2 unspecified atom stereocenters. The second kappa shape index (κ2) is 6.84. The van der Waals surface area contributed by atoms with Crippen LogP contribution in [0.3, 0.4) is 0 Å². The minimum absolute atomic E-state index is 0.277. The topological polar surface area (TPSA) is 49.3 Å². The van der Waals surface area contributed by atoms with Gasteiger partial charge in [-0.2, -0.15) is 11.8 Å². The Labute approximate surface area is 131 Å². The van der Waals surface area contributed by atoms with E-state index in [0.29, 0.717) is 17.7 Å². The van der Waals surface area contributed by atoms with Gasteiger partial charge in [0.05, 0.1) is 0 Å². The van der Waals surface area contributed by atoms with Gasteiger partial charge in [-0.3, -0.25) is 4.79 Å². The number of carboxylic acids is 1. The number of hydrogen-bond donors (Lipinski definition) is 2. The summed E-state index contributed by atoms with van der Waals surface area (Å²) in [5.74, 6) is 0.239. The number of rotatable bonds is 5. The maximum Gasteiger partial charge on any atom is 0.321 e. The molecule has 1 saturated heterocycles. The standard InChI is InChI=1S/C17H25NO2S/c1-17(2,3)15-10-13(11-21-15)18-14(16(19)20)9-12-7-5-4-6-8-12/h4-8,13-15,18H,9-11H2,1-3H3,(H,19,20)/t13?,14-,15?/m0/s1. The van der Waals surface area contributed by atoms with Crippen LogP contribution in [0.2, 0.25) is 0 Å². The number of aliphatic carboxylic acids is 1. The predicted molar refractivity (Wildman–Crippen MR) is 88.8 cm³/mol. The Kier molecular flexibility index (Phi) is 5.33. The van der Waals surface area contributed by atoms with Crippen LogP contribution < -0.4 is 5.32 Å². The van der Waals surface area contributed by atoms with Crippen molar-refractivity contribution < 1.29 is 9.90 Å². The van der Waals surface area contributed by atoms with Crippen molar-refractivity contribution in [1.29, 1.82) is 0 Å². The van der Waals surface area contributed by atoms with Gasteiger partial charge in [-0.15, -0.1) is 0 Å². The highest BCUT2D eigenvalue weighted by atomic mass is 32.2. The Morgan fingerprint density at radius 1 is 1.38 bits per heavy atom. The van der Waals surface area contributed by atoms with E-state index in [4.69, 9.17) is 0 Å². The second-order valence-electron chi connectivity index (χ2n) is 6.87. The zero-order valence-electron chi connectivity index (χ0n) is 13.0. The summed E-state index contributed by atoms with van der Waals surface area (Å²) in [6, 6.07) is 9.62. The van der Waals surface area contributed by atoms with Crippen LogP contribution >= 0.6 is 11.8 Å². The smallest absolute Gasteiger partial charge is 0.321 e. The Bertz CT molecular complexity index is 469. The Morgan fingerprint density at radius 2 is 2.05 bits per heavy atom. The average Bonchev–Trinajstić information content (AvgIpc) is 2.87. The van der Waals surface area contributed by atoms with E-state index < -0.39 is 12.0 Å². The summed E-state index contributed by atoms with van der Waals surface area (Å²) in [5.41, 5.74) is 1.34. The van der Waals surface area contributed by atoms with Crippen LogP contribution in [0, 0.1) is 5.41 Å². The van der Waals surface area contributed by atoms with Crippen LogP contribution in [0.25, 0.3) is 0 Å². The van der Waals surface area contributed by atoms with Gasteiger partial charge in [0, 0.05) is 17.0 Å². The van der Waals surface area contributed by atoms with Crippen LogP contribution in [0.1, 0.15) is 32.8 Å². The van der Waals surface area contributed by atoms with Crippen molar-refractivity contribution in [3.63, 3.8) is 0 Å². The number of thioether (sulfide) groups is 1. The summed E-state index contributed by atoms with van der Waals surface area (Å²) in [4.78, 5) is 11.5. The first kappa shape index (κ1) is 16.4. The molecule has 0 aliphatic carbocycles. The molecule has 2 N–H and O–H groups in total. The minimum atomic E-state index is -0.761. The van der Waals surface area contributed by atoms with E-state index in [2.05, 4.69) is 26.1 Å². The number of carboxylic acid groups (broad SMARTS) is 1. The van der Waals surface area contributed by atoms with E-state index in [1.165, 1.54) is 0 Å². The molecule has 1 aliphatic rings. The van der Waals surface area contributed by atoms with Gasteiger partial charge in [-0.25, -0.2) is 0 Å². The SMILES string of the molecule is CC(C)(C)C1CC(N[C@@H](Cc2ccccc2)C(=O)O)CS1. The van der Waals surface area contributed by atoms with E-state index in [9.17, 15) is 9.90 Å². The van der Waals surface area contributed by atoms with E-state index in [0.717, 1.165) is 17.7 Å². The lowest BCUT2D eigenvalue weighted by Gasteiger charge is -2.26. The Balaban J connectivity index is 1.94. The number of nitrogens with one attached hydrogen (secondary N) is 1. The molecule has 1 aromatic carbocycles. The van der Waals surface area contributed by atoms with Gasteiger partial charge < -0.3 is 10.4 Å². The molecule has 1 heterocycles. The van der Waals surface area contributed by atoms with Crippen molar-refractivity contribution in [2.24, 2.45) is 5.41 Å². The fourth-order valence-electron chi connectivity index (χ4n) is 2.70. The minimum Gasteiger partial charge on any atom is -0.480 e. The van der Waals surface area contributed by atoms with Gasteiger partial charge in [-0.1, -0.05) is 51.1 Å².